The number of carbonyl (C=O) groups excluding carboxylic acids is 2. The average Bonchev–Trinajstić information content (AvgIpc) is 3.08. The van der Waals surface area contributed by atoms with Crippen LogP contribution in [0.4, 0.5) is 36.3 Å². The Labute approximate surface area is 287 Å². The van der Waals surface area contributed by atoms with Gasteiger partial charge in [-0.1, -0.05) is 36.4 Å². The van der Waals surface area contributed by atoms with Crippen molar-refractivity contribution in [3.8, 4) is 0 Å². The van der Waals surface area contributed by atoms with Crippen molar-refractivity contribution >= 4 is 44.8 Å². The van der Waals surface area contributed by atoms with Crippen LogP contribution in [0.3, 0.4) is 0 Å². The van der Waals surface area contributed by atoms with Crippen molar-refractivity contribution in [2.24, 2.45) is 0 Å². The number of rotatable bonds is 10. The maximum absolute atomic E-state index is 13.8. The fourth-order valence-electron chi connectivity index (χ4n) is 6.15. The van der Waals surface area contributed by atoms with Crippen LogP contribution in [0.1, 0.15) is 41.0 Å². The van der Waals surface area contributed by atoms with Crippen LogP contribution in [0.2, 0.25) is 0 Å². The Morgan fingerprint density at radius 3 is 2.40 bits per heavy atom. The highest BCUT2D eigenvalue weighted by Gasteiger charge is 2.35. The predicted octanol–water partition coefficient (Wildman–Crippen LogP) is 5.10. The number of carbonyl (C=O) groups is 2. The Morgan fingerprint density at radius 1 is 0.960 bits per heavy atom. The highest BCUT2D eigenvalue weighted by atomic mass is 32.2. The SMILES string of the molecule is CS(=O)(=O)c1cccc(CNc2nc(Nc3ccc(N4CCN(Cc5ccccc5C5CCC(=O)NC5=O)CC4)cc3)ncc2C(F)(F)F)c1. The number of anilines is 4. The summed E-state index contributed by atoms with van der Waals surface area (Å²) in [7, 11) is -3.48. The van der Waals surface area contributed by atoms with E-state index >= 15 is 0 Å². The third-order valence-corrected chi connectivity index (χ3v) is 9.92. The van der Waals surface area contributed by atoms with Crippen LogP contribution < -0.4 is 20.9 Å². The van der Waals surface area contributed by atoms with Crippen LogP contribution in [0.5, 0.6) is 0 Å². The van der Waals surface area contributed by atoms with Gasteiger partial charge in [0, 0.05) is 69.5 Å². The highest BCUT2D eigenvalue weighted by Crippen LogP contribution is 2.35. The third-order valence-electron chi connectivity index (χ3n) is 8.81. The number of halogens is 3. The summed E-state index contributed by atoms with van der Waals surface area (Å²) in [5, 5.41) is 8.12. The molecule has 0 spiro atoms. The van der Waals surface area contributed by atoms with Crippen molar-refractivity contribution in [1.29, 1.82) is 0 Å². The fraction of sp³-hybridized carbons (Fsp3) is 0.314. The van der Waals surface area contributed by atoms with E-state index in [1.807, 2.05) is 48.5 Å². The second-order valence-electron chi connectivity index (χ2n) is 12.4. The molecule has 0 bridgehead atoms. The summed E-state index contributed by atoms with van der Waals surface area (Å²) in [6.07, 6.45) is -2.10. The molecule has 0 aliphatic carbocycles. The number of nitrogens with one attached hydrogen (secondary N) is 3. The normalized spacial score (nSPS) is 17.4. The third kappa shape index (κ3) is 8.40. The lowest BCUT2D eigenvalue weighted by atomic mass is 9.87. The molecule has 3 heterocycles. The number of benzene rings is 3. The first kappa shape index (κ1) is 34.8. The van der Waals surface area contributed by atoms with E-state index in [0.717, 1.165) is 49.2 Å². The molecule has 3 N–H and O–H groups in total. The van der Waals surface area contributed by atoms with E-state index in [1.165, 1.54) is 18.2 Å². The monoisotopic (exact) mass is 707 g/mol. The number of hydrogen-bond acceptors (Lipinski definition) is 10. The average molecular weight is 708 g/mol. The molecule has 4 aromatic rings. The van der Waals surface area contributed by atoms with Gasteiger partial charge in [-0.05, 0) is 59.5 Å². The summed E-state index contributed by atoms with van der Waals surface area (Å²) in [5.74, 6) is -1.28. The summed E-state index contributed by atoms with van der Waals surface area (Å²) in [6, 6.07) is 21.3. The number of piperazine rings is 1. The van der Waals surface area contributed by atoms with E-state index in [9.17, 15) is 31.2 Å². The lowest BCUT2D eigenvalue weighted by Crippen LogP contribution is -2.46. The first-order valence-electron chi connectivity index (χ1n) is 16.1. The minimum Gasteiger partial charge on any atom is -0.369 e. The lowest BCUT2D eigenvalue weighted by molar-refractivity contribution is -0.137. The highest BCUT2D eigenvalue weighted by molar-refractivity contribution is 7.90. The number of sulfone groups is 1. The molecule has 11 nitrogen and oxygen atoms in total. The van der Waals surface area contributed by atoms with Crippen LogP contribution in [-0.2, 0) is 38.7 Å². The minimum atomic E-state index is -4.71. The van der Waals surface area contributed by atoms with Gasteiger partial charge in [0.05, 0.1) is 10.8 Å². The molecule has 50 heavy (non-hydrogen) atoms. The molecule has 2 aliphatic heterocycles. The van der Waals surface area contributed by atoms with E-state index in [1.54, 1.807) is 6.07 Å². The van der Waals surface area contributed by atoms with Gasteiger partial charge in [0.2, 0.25) is 17.8 Å². The van der Waals surface area contributed by atoms with Gasteiger partial charge >= 0.3 is 6.18 Å². The molecule has 3 aromatic carbocycles. The maximum atomic E-state index is 13.8. The molecule has 1 unspecified atom stereocenters. The molecule has 6 rings (SSSR count). The molecular formula is C35H36F3N7O4S. The largest absolute Gasteiger partial charge is 0.421 e. The van der Waals surface area contributed by atoms with E-state index in [-0.39, 0.29) is 35.1 Å². The fourth-order valence-corrected chi connectivity index (χ4v) is 6.85. The summed E-state index contributed by atoms with van der Waals surface area (Å²) < 4.78 is 65.1. The molecule has 1 atom stereocenters. The van der Waals surface area contributed by atoms with Crippen molar-refractivity contribution in [3.63, 3.8) is 0 Å². The first-order chi connectivity index (χ1) is 23.8. The van der Waals surface area contributed by atoms with E-state index in [2.05, 4.69) is 35.7 Å². The summed E-state index contributed by atoms with van der Waals surface area (Å²) >= 11 is 0. The molecule has 15 heteroatoms. The van der Waals surface area contributed by atoms with E-state index in [4.69, 9.17) is 0 Å². The topological polar surface area (TPSA) is 137 Å². The van der Waals surface area contributed by atoms with Gasteiger partial charge < -0.3 is 15.5 Å². The molecule has 2 fully saturated rings. The van der Waals surface area contributed by atoms with Crippen LogP contribution in [0, 0.1) is 0 Å². The van der Waals surface area contributed by atoms with Crippen molar-refractivity contribution in [1.82, 2.24) is 20.2 Å². The summed E-state index contributed by atoms with van der Waals surface area (Å²) in [4.78, 5) is 36.8. The first-order valence-corrected chi connectivity index (χ1v) is 18.0. The minimum absolute atomic E-state index is 0.0376. The number of alkyl halides is 3. The number of aromatic nitrogens is 2. The van der Waals surface area contributed by atoms with Crippen molar-refractivity contribution in [3.05, 3.63) is 101 Å². The molecule has 262 valence electrons. The number of nitrogens with zero attached hydrogens (tertiary/aromatic N) is 4. The molecule has 0 saturated carbocycles. The van der Waals surface area contributed by atoms with Crippen molar-refractivity contribution in [2.75, 3.05) is 48.0 Å². The van der Waals surface area contributed by atoms with Gasteiger partial charge in [-0.25, -0.2) is 13.4 Å². The smallest absolute Gasteiger partial charge is 0.369 e. The maximum Gasteiger partial charge on any atom is 0.421 e. The number of hydrogen-bond donors (Lipinski definition) is 3. The van der Waals surface area contributed by atoms with Gasteiger partial charge in [0.25, 0.3) is 0 Å². The van der Waals surface area contributed by atoms with Crippen LogP contribution in [0.25, 0.3) is 0 Å². The Kier molecular flexibility index (Phi) is 10.1. The predicted molar refractivity (Wildman–Crippen MR) is 183 cm³/mol. The molecule has 2 aliphatic rings. The van der Waals surface area contributed by atoms with Gasteiger partial charge in [-0.15, -0.1) is 0 Å². The lowest BCUT2D eigenvalue weighted by Gasteiger charge is -2.36. The number of imide groups is 1. The zero-order chi connectivity index (χ0) is 35.5. The molecule has 2 saturated heterocycles. The van der Waals surface area contributed by atoms with Gasteiger partial charge in [0.1, 0.15) is 11.4 Å². The number of amides is 2. The van der Waals surface area contributed by atoms with Gasteiger partial charge in [-0.2, -0.15) is 18.2 Å². The van der Waals surface area contributed by atoms with E-state index in [0.29, 0.717) is 36.8 Å². The van der Waals surface area contributed by atoms with Crippen molar-refractivity contribution < 1.29 is 31.2 Å². The van der Waals surface area contributed by atoms with Crippen LogP contribution in [-0.4, -0.2) is 67.5 Å². The summed E-state index contributed by atoms with van der Waals surface area (Å²) in [6.45, 7) is 3.77. The Morgan fingerprint density at radius 2 is 1.70 bits per heavy atom. The zero-order valence-corrected chi connectivity index (χ0v) is 28.0. The second-order valence-corrected chi connectivity index (χ2v) is 14.4. The summed E-state index contributed by atoms with van der Waals surface area (Å²) in [5.41, 5.74) is 3.05. The molecule has 1 aromatic heterocycles. The molecule has 2 amide bonds. The Hall–Kier alpha value is -5.02. The Bertz CT molecular complexity index is 1980. The quantitative estimate of drug-likeness (QED) is 0.191. The van der Waals surface area contributed by atoms with Crippen molar-refractivity contribution in [2.45, 2.75) is 42.9 Å². The molecule has 0 radical (unpaired) electrons. The van der Waals surface area contributed by atoms with Gasteiger partial charge in [0.15, 0.2) is 9.84 Å². The zero-order valence-electron chi connectivity index (χ0n) is 27.2. The van der Waals surface area contributed by atoms with E-state index < -0.39 is 27.4 Å². The molecular weight excluding hydrogens is 671 g/mol. The standard InChI is InChI=1S/C35H36F3N7O4S/c1-50(48,49)27-7-4-5-23(19-27)20-39-32-30(35(36,37)38)21-40-34(43-32)41-25-9-11-26(12-10-25)45-17-15-44(16-18-45)22-24-6-2-3-8-28(24)29-13-14-31(46)42-33(29)47/h2-12,19,21,29H,13-18,20,22H2,1H3,(H,42,46,47)(H2,39,40,41,43). The second kappa shape index (κ2) is 14.5. The van der Waals surface area contributed by atoms with Gasteiger partial charge in [-0.3, -0.25) is 19.8 Å². The van der Waals surface area contributed by atoms with Crippen LogP contribution >= 0.6 is 0 Å². The Balaban J connectivity index is 1.07. The number of piperidine rings is 1. The van der Waals surface area contributed by atoms with Crippen LogP contribution in [0.15, 0.2) is 83.9 Å².